The van der Waals surface area contributed by atoms with E-state index in [1.54, 1.807) is 9.80 Å². The Labute approximate surface area is 118 Å². The van der Waals surface area contributed by atoms with Crippen LogP contribution in [0.4, 0.5) is 4.79 Å². The zero-order valence-electron chi connectivity index (χ0n) is 11.6. The number of fused-ring (bicyclic) bond motifs is 1. The monoisotopic (exact) mass is 276 g/mol. The minimum Gasteiger partial charge on any atom is -0.337 e. The predicted octanol–water partition coefficient (Wildman–Crippen LogP) is 0.696. The van der Waals surface area contributed by atoms with Crippen LogP contribution in [0, 0.1) is 16.7 Å². The van der Waals surface area contributed by atoms with Crippen molar-refractivity contribution < 1.29 is 9.59 Å². The average molecular weight is 276 g/mol. The van der Waals surface area contributed by atoms with E-state index in [0.717, 1.165) is 19.3 Å². The van der Waals surface area contributed by atoms with Gasteiger partial charge in [-0.3, -0.25) is 4.79 Å². The van der Waals surface area contributed by atoms with Crippen LogP contribution in [0.25, 0.3) is 0 Å². The molecule has 0 radical (unpaired) electrons. The van der Waals surface area contributed by atoms with Crippen LogP contribution in [0.2, 0.25) is 0 Å². The molecule has 3 amide bonds. The van der Waals surface area contributed by atoms with Gasteiger partial charge < -0.3 is 15.1 Å². The van der Waals surface area contributed by atoms with Crippen LogP contribution in [0.15, 0.2) is 0 Å². The summed E-state index contributed by atoms with van der Waals surface area (Å²) in [6.07, 6.45) is 4.41. The van der Waals surface area contributed by atoms with Gasteiger partial charge in [-0.1, -0.05) is 19.3 Å². The number of nitrogens with one attached hydrogen (secondary N) is 1. The molecule has 1 aliphatic carbocycles. The third kappa shape index (κ3) is 2.01. The van der Waals surface area contributed by atoms with E-state index in [1.807, 2.05) is 0 Å². The summed E-state index contributed by atoms with van der Waals surface area (Å²) in [5.41, 5.74) is -0.809. The van der Waals surface area contributed by atoms with E-state index in [9.17, 15) is 14.9 Å². The summed E-state index contributed by atoms with van der Waals surface area (Å²) in [5, 5.41) is 12.3. The van der Waals surface area contributed by atoms with Crippen molar-refractivity contribution in [2.75, 3.05) is 26.2 Å². The highest BCUT2D eigenvalue weighted by Gasteiger charge is 2.45. The molecule has 2 heterocycles. The van der Waals surface area contributed by atoms with Gasteiger partial charge in [0.2, 0.25) is 5.91 Å². The standard InChI is InChI=1S/C14H20N4O2/c15-10-14(4-2-1-3-5-14)12(19)17-6-7-18-11(9-17)8-16-13(18)20/h11H,1-9H2,(H,16,20). The number of piperazine rings is 1. The molecular weight excluding hydrogens is 256 g/mol. The number of amides is 3. The van der Waals surface area contributed by atoms with Crippen molar-refractivity contribution in [3.05, 3.63) is 0 Å². The lowest BCUT2D eigenvalue weighted by molar-refractivity contribution is -0.142. The van der Waals surface area contributed by atoms with Crippen LogP contribution in [0.3, 0.4) is 0 Å². The summed E-state index contributed by atoms with van der Waals surface area (Å²) < 4.78 is 0. The van der Waals surface area contributed by atoms with Crippen LogP contribution < -0.4 is 5.32 Å². The molecule has 1 unspecified atom stereocenters. The second-order valence-corrected chi connectivity index (χ2v) is 6.04. The average Bonchev–Trinajstić information content (AvgIpc) is 2.88. The maximum atomic E-state index is 12.8. The lowest BCUT2D eigenvalue weighted by Crippen LogP contribution is -2.57. The van der Waals surface area contributed by atoms with Crippen molar-refractivity contribution in [1.29, 1.82) is 5.26 Å². The van der Waals surface area contributed by atoms with Gasteiger partial charge in [0.1, 0.15) is 5.41 Å². The molecule has 6 nitrogen and oxygen atoms in total. The highest BCUT2D eigenvalue weighted by molar-refractivity contribution is 5.86. The number of carbonyl (C=O) groups excluding carboxylic acids is 2. The summed E-state index contributed by atoms with van der Waals surface area (Å²) in [7, 11) is 0. The molecule has 0 aromatic heterocycles. The van der Waals surface area contributed by atoms with Gasteiger partial charge in [-0.05, 0) is 12.8 Å². The molecule has 3 aliphatic rings. The van der Waals surface area contributed by atoms with Crippen LogP contribution in [-0.4, -0.2) is 54.0 Å². The molecular formula is C14H20N4O2. The van der Waals surface area contributed by atoms with E-state index in [0.29, 0.717) is 39.0 Å². The Bertz CT molecular complexity index is 464. The van der Waals surface area contributed by atoms with E-state index in [-0.39, 0.29) is 18.0 Å². The van der Waals surface area contributed by atoms with Gasteiger partial charge in [0.25, 0.3) is 0 Å². The van der Waals surface area contributed by atoms with E-state index in [4.69, 9.17) is 0 Å². The van der Waals surface area contributed by atoms with E-state index < -0.39 is 5.41 Å². The van der Waals surface area contributed by atoms with Gasteiger partial charge >= 0.3 is 6.03 Å². The number of nitrogens with zero attached hydrogens (tertiary/aromatic N) is 3. The molecule has 1 N–H and O–H groups in total. The van der Waals surface area contributed by atoms with Gasteiger partial charge in [0, 0.05) is 26.2 Å². The lowest BCUT2D eigenvalue weighted by Gasteiger charge is -2.41. The quantitative estimate of drug-likeness (QED) is 0.765. The second kappa shape index (κ2) is 4.97. The van der Waals surface area contributed by atoms with Gasteiger partial charge in [0.15, 0.2) is 0 Å². The normalized spacial score (nSPS) is 28.6. The molecule has 1 saturated carbocycles. The third-order valence-electron chi connectivity index (χ3n) is 4.85. The number of hydrogen-bond donors (Lipinski definition) is 1. The number of nitriles is 1. The summed E-state index contributed by atoms with van der Waals surface area (Å²) in [6.45, 7) is 2.28. The van der Waals surface area contributed by atoms with Crippen LogP contribution in [-0.2, 0) is 4.79 Å². The minimum atomic E-state index is -0.809. The SMILES string of the molecule is N#CC1(C(=O)N2CCN3C(=O)NCC3C2)CCCCC1. The Morgan fingerprint density at radius 3 is 2.75 bits per heavy atom. The number of urea groups is 1. The Morgan fingerprint density at radius 1 is 1.30 bits per heavy atom. The van der Waals surface area contributed by atoms with Crippen LogP contribution in [0.1, 0.15) is 32.1 Å². The first-order valence-corrected chi connectivity index (χ1v) is 7.41. The van der Waals surface area contributed by atoms with Gasteiger partial charge in [-0.2, -0.15) is 5.26 Å². The van der Waals surface area contributed by atoms with Crippen molar-refractivity contribution in [3.63, 3.8) is 0 Å². The molecule has 1 atom stereocenters. The zero-order valence-corrected chi connectivity index (χ0v) is 11.6. The Hall–Kier alpha value is -1.77. The smallest absolute Gasteiger partial charge is 0.317 e. The molecule has 0 spiro atoms. The summed E-state index contributed by atoms with van der Waals surface area (Å²) in [5.74, 6) is -0.0151. The molecule has 0 aromatic rings. The first-order valence-electron chi connectivity index (χ1n) is 7.41. The number of rotatable bonds is 1. The Balaban J connectivity index is 1.72. The first kappa shape index (κ1) is 13.2. The molecule has 20 heavy (non-hydrogen) atoms. The van der Waals surface area contributed by atoms with Crippen molar-refractivity contribution >= 4 is 11.9 Å². The maximum Gasteiger partial charge on any atom is 0.317 e. The highest BCUT2D eigenvalue weighted by atomic mass is 16.2. The molecule has 0 aromatic carbocycles. The summed E-state index contributed by atoms with van der Waals surface area (Å²) in [4.78, 5) is 27.9. The first-order chi connectivity index (χ1) is 9.66. The Morgan fingerprint density at radius 2 is 2.05 bits per heavy atom. The van der Waals surface area contributed by atoms with Crippen molar-refractivity contribution in [1.82, 2.24) is 15.1 Å². The topological polar surface area (TPSA) is 76.4 Å². The van der Waals surface area contributed by atoms with E-state index >= 15 is 0 Å². The highest BCUT2D eigenvalue weighted by Crippen LogP contribution is 2.38. The van der Waals surface area contributed by atoms with Crippen molar-refractivity contribution in [3.8, 4) is 6.07 Å². The zero-order chi connectivity index (χ0) is 14.2. The van der Waals surface area contributed by atoms with E-state index in [1.165, 1.54) is 0 Å². The summed E-state index contributed by atoms with van der Waals surface area (Å²) >= 11 is 0. The van der Waals surface area contributed by atoms with Gasteiger partial charge in [0.05, 0.1) is 12.1 Å². The fourth-order valence-electron chi connectivity index (χ4n) is 3.62. The Kier molecular flexibility index (Phi) is 3.28. The number of carbonyl (C=O) groups is 2. The van der Waals surface area contributed by atoms with Crippen LogP contribution in [0.5, 0.6) is 0 Å². The van der Waals surface area contributed by atoms with Gasteiger partial charge in [-0.25, -0.2) is 4.79 Å². The minimum absolute atomic E-state index is 0.0151. The molecule has 108 valence electrons. The molecule has 3 fully saturated rings. The van der Waals surface area contributed by atoms with Crippen molar-refractivity contribution in [2.45, 2.75) is 38.1 Å². The number of hydrogen-bond acceptors (Lipinski definition) is 3. The third-order valence-corrected chi connectivity index (χ3v) is 4.85. The fourth-order valence-corrected chi connectivity index (χ4v) is 3.62. The second-order valence-electron chi connectivity index (χ2n) is 6.04. The molecule has 0 bridgehead atoms. The predicted molar refractivity (Wildman–Crippen MR) is 71.6 cm³/mol. The van der Waals surface area contributed by atoms with Gasteiger partial charge in [-0.15, -0.1) is 0 Å². The summed E-state index contributed by atoms with van der Waals surface area (Å²) in [6, 6.07) is 2.33. The molecule has 6 heteroatoms. The largest absolute Gasteiger partial charge is 0.337 e. The van der Waals surface area contributed by atoms with Crippen LogP contribution >= 0.6 is 0 Å². The van der Waals surface area contributed by atoms with Crippen molar-refractivity contribution in [2.24, 2.45) is 5.41 Å². The molecule has 2 aliphatic heterocycles. The maximum absolute atomic E-state index is 12.8. The van der Waals surface area contributed by atoms with E-state index in [2.05, 4.69) is 11.4 Å². The molecule has 3 rings (SSSR count). The fraction of sp³-hybridized carbons (Fsp3) is 0.786. The molecule has 2 saturated heterocycles. The lowest BCUT2D eigenvalue weighted by atomic mass is 9.74.